The molecule has 0 aromatic carbocycles. The first kappa shape index (κ1) is 17.6. The van der Waals surface area contributed by atoms with Crippen molar-refractivity contribution in [2.24, 2.45) is 0 Å². The van der Waals surface area contributed by atoms with Crippen molar-refractivity contribution in [3.05, 3.63) is 42.2 Å². The van der Waals surface area contributed by atoms with Crippen LogP contribution in [0.25, 0.3) is 17.0 Å². The van der Waals surface area contributed by atoms with E-state index in [9.17, 15) is 4.79 Å². The average Bonchev–Trinajstić information content (AvgIpc) is 3.41. The molecule has 0 saturated heterocycles. The van der Waals surface area contributed by atoms with Gasteiger partial charge in [0.15, 0.2) is 17.0 Å². The molecule has 0 atom stereocenters. The maximum absolute atomic E-state index is 12.4. The van der Waals surface area contributed by atoms with Gasteiger partial charge in [0.25, 0.3) is 5.91 Å². The van der Waals surface area contributed by atoms with Crippen molar-refractivity contribution in [1.29, 1.82) is 0 Å². The van der Waals surface area contributed by atoms with Crippen molar-refractivity contribution in [2.75, 3.05) is 12.3 Å². The molecule has 11 nitrogen and oxygen atoms in total. The number of nitrogens with two attached hydrogens (primary N) is 1. The smallest absolute Gasteiger partial charge is 0.269 e. The Morgan fingerprint density at radius 1 is 1.32 bits per heavy atom. The van der Waals surface area contributed by atoms with Crippen molar-refractivity contribution in [3.63, 3.8) is 0 Å². The Morgan fingerprint density at radius 3 is 2.93 bits per heavy atom. The number of anilines is 1. The van der Waals surface area contributed by atoms with Crippen molar-refractivity contribution in [2.45, 2.75) is 26.9 Å². The zero-order chi connectivity index (χ0) is 19.7. The van der Waals surface area contributed by atoms with Crippen LogP contribution in [0, 0.1) is 6.92 Å². The van der Waals surface area contributed by atoms with Gasteiger partial charge in [0, 0.05) is 32.0 Å². The summed E-state index contributed by atoms with van der Waals surface area (Å²) in [7, 11) is 0. The van der Waals surface area contributed by atoms with Gasteiger partial charge in [0.2, 0.25) is 5.95 Å². The lowest BCUT2D eigenvalue weighted by atomic mass is 10.3. The number of hydrogen-bond acceptors (Lipinski definition) is 7. The molecular weight excluding hydrogens is 360 g/mol. The minimum Gasteiger partial charge on any atom is -0.368 e. The number of hydrogen-bond donors (Lipinski definition) is 2. The molecule has 0 spiro atoms. The number of imidazole rings is 1. The maximum atomic E-state index is 12.4. The van der Waals surface area contributed by atoms with Crippen LogP contribution >= 0.6 is 0 Å². The van der Waals surface area contributed by atoms with E-state index < -0.39 is 0 Å². The van der Waals surface area contributed by atoms with E-state index in [1.165, 1.54) is 0 Å². The topological polar surface area (TPSA) is 134 Å². The van der Waals surface area contributed by atoms with E-state index in [2.05, 4.69) is 30.5 Å². The summed E-state index contributed by atoms with van der Waals surface area (Å²) in [6.45, 7) is 5.33. The van der Waals surface area contributed by atoms with Crippen LogP contribution in [0.3, 0.4) is 0 Å². The molecule has 0 radical (unpaired) electrons. The van der Waals surface area contributed by atoms with Gasteiger partial charge in [-0.05, 0) is 26.0 Å². The van der Waals surface area contributed by atoms with Crippen molar-refractivity contribution in [3.8, 4) is 5.82 Å². The van der Waals surface area contributed by atoms with Crippen molar-refractivity contribution < 1.29 is 4.79 Å². The summed E-state index contributed by atoms with van der Waals surface area (Å²) in [5, 5.41) is 11.4. The predicted octanol–water partition coefficient (Wildman–Crippen LogP) is 0.549. The monoisotopic (exact) mass is 380 g/mol. The SMILES string of the molecule is CCn1nc(C)cc1C(=O)NCCn1cnc2c(-n3cccn3)nc(N)nc21. The molecule has 0 aliphatic rings. The van der Waals surface area contributed by atoms with E-state index in [4.69, 9.17) is 5.73 Å². The number of nitrogens with one attached hydrogen (secondary N) is 1. The molecule has 4 aromatic rings. The Bertz CT molecular complexity index is 1120. The fourth-order valence-corrected chi connectivity index (χ4v) is 3.01. The highest BCUT2D eigenvalue weighted by Crippen LogP contribution is 2.18. The van der Waals surface area contributed by atoms with Gasteiger partial charge < -0.3 is 15.6 Å². The third kappa shape index (κ3) is 3.17. The zero-order valence-corrected chi connectivity index (χ0v) is 15.6. The standard InChI is InChI=1S/C17H20N10O/c1-3-26-12(9-11(2)24-26)16(28)19-6-8-25-10-20-13-14(25)22-17(18)23-15(13)27-7-4-5-21-27/h4-5,7,9-10H,3,6,8H2,1-2H3,(H,19,28)(H2,18,22,23). The first-order valence-electron chi connectivity index (χ1n) is 8.88. The summed E-state index contributed by atoms with van der Waals surface area (Å²) in [6, 6.07) is 3.56. The summed E-state index contributed by atoms with van der Waals surface area (Å²) in [5.41, 5.74) is 8.39. The zero-order valence-electron chi connectivity index (χ0n) is 15.6. The van der Waals surface area contributed by atoms with E-state index in [-0.39, 0.29) is 11.9 Å². The van der Waals surface area contributed by atoms with Crippen LogP contribution in [0.2, 0.25) is 0 Å². The van der Waals surface area contributed by atoms with Crippen LogP contribution in [-0.2, 0) is 13.1 Å². The summed E-state index contributed by atoms with van der Waals surface area (Å²) in [6.07, 6.45) is 5.07. The van der Waals surface area contributed by atoms with Crippen LogP contribution in [-0.4, -0.2) is 51.5 Å². The molecule has 11 heteroatoms. The highest BCUT2D eigenvalue weighted by atomic mass is 16.2. The Hall–Kier alpha value is -3.76. The lowest BCUT2D eigenvalue weighted by molar-refractivity contribution is 0.0941. The number of amides is 1. The normalized spacial score (nSPS) is 11.2. The van der Waals surface area contributed by atoms with E-state index in [0.29, 0.717) is 42.3 Å². The third-order valence-corrected chi connectivity index (χ3v) is 4.26. The molecule has 3 N–H and O–H groups in total. The lowest BCUT2D eigenvalue weighted by Gasteiger charge is -2.08. The highest BCUT2D eigenvalue weighted by Gasteiger charge is 2.15. The Balaban J connectivity index is 1.52. The van der Waals surface area contributed by atoms with Crippen molar-refractivity contribution in [1.82, 2.24) is 44.4 Å². The Labute approximate surface area is 160 Å². The number of aromatic nitrogens is 8. The van der Waals surface area contributed by atoms with Gasteiger partial charge in [0.05, 0.1) is 12.0 Å². The summed E-state index contributed by atoms with van der Waals surface area (Å²) in [5.74, 6) is 0.474. The minimum absolute atomic E-state index is 0.131. The number of carbonyl (C=O) groups excluding carboxylic acids is 1. The van der Waals surface area contributed by atoms with Gasteiger partial charge in [-0.15, -0.1) is 0 Å². The maximum Gasteiger partial charge on any atom is 0.269 e. The molecule has 1 amide bonds. The first-order valence-corrected chi connectivity index (χ1v) is 8.88. The van der Waals surface area contributed by atoms with Gasteiger partial charge in [-0.1, -0.05) is 0 Å². The molecule has 28 heavy (non-hydrogen) atoms. The molecule has 4 heterocycles. The van der Waals surface area contributed by atoms with Gasteiger partial charge in [0.1, 0.15) is 5.69 Å². The van der Waals surface area contributed by atoms with E-state index in [1.807, 2.05) is 18.4 Å². The quantitative estimate of drug-likeness (QED) is 0.499. The molecule has 0 bridgehead atoms. The molecule has 0 saturated carbocycles. The van der Waals surface area contributed by atoms with Gasteiger partial charge in [-0.2, -0.15) is 20.2 Å². The number of nitrogen functional groups attached to an aromatic ring is 1. The number of nitrogens with zero attached hydrogens (tertiary/aromatic N) is 8. The third-order valence-electron chi connectivity index (χ3n) is 4.26. The van der Waals surface area contributed by atoms with Crippen molar-refractivity contribution >= 4 is 23.0 Å². The summed E-state index contributed by atoms with van der Waals surface area (Å²) >= 11 is 0. The molecule has 0 aliphatic heterocycles. The van der Waals surface area contributed by atoms with Gasteiger partial charge >= 0.3 is 0 Å². The number of carbonyl (C=O) groups is 1. The first-order chi connectivity index (χ1) is 13.6. The Morgan fingerprint density at radius 2 is 2.18 bits per heavy atom. The summed E-state index contributed by atoms with van der Waals surface area (Å²) < 4.78 is 5.10. The van der Waals surface area contributed by atoms with E-state index in [1.54, 1.807) is 40.2 Å². The minimum atomic E-state index is -0.168. The molecule has 144 valence electrons. The van der Waals surface area contributed by atoms with Crippen LogP contribution < -0.4 is 11.1 Å². The van der Waals surface area contributed by atoms with E-state index in [0.717, 1.165) is 5.69 Å². The average molecular weight is 380 g/mol. The van der Waals surface area contributed by atoms with Crippen LogP contribution in [0.15, 0.2) is 30.9 Å². The highest BCUT2D eigenvalue weighted by molar-refractivity contribution is 5.92. The predicted molar refractivity (Wildman–Crippen MR) is 102 cm³/mol. The second kappa shape index (κ2) is 7.10. The van der Waals surface area contributed by atoms with E-state index >= 15 is 0 Å². The van der Waals surface area contributed by atoms with Gasteiger partial charge in [-0.3, -0.25) is 9.48 Å². The molecule has 4 aromatic heterocycles. The largest absolute Gasteiger partial charge is 0.368 e. The second-order valence-corrected chi connectivity index (χ2v) is 6.21. The molecule has 0 fully saturated rings. The number of rotatable bonds is 6. The molecular formula is C17H20N10O. The summed E-state index contributed by atoms with van der Waals surface area (Å²) in [4.78, 5) is 25.4. The fourth-order valence-electron chi connectivity index (χ4n) is 3.01. The second-order valence-electron chi connectivity index (χ2n) is 6.21. The fraction of sp³-hybridized carbons (Fsp3) is 0.294. The van der Waals surface area contributed by atoms with Crippen LogP contribution in [0.4, 0.5) is 5.95 Å². The number of fused-ring (bicyclic) bond motifs is 1. The molecule has 0 aliphatic carbocycles. The molecule has 4 rings (SSSR count). The lowest BCUT2D eigenvalue weighted by Crippen LogP contribution is -2.29. The molecule has 0 unspecified atom stereocenters. The van der Waals surface area contributed by atoms with Crippen LogP contribution in [0.5, 0.6) is 0 Å². The number of aryl methyl sites for hydroxylation is 2. The van der Waals surface area contributed by atoms with Gasteiger partial charge in [-0.25, -0.2) is 9.67 Å². The Kier molecular flexibility index (Phi) is 4.47. The van der Waals surface area contributed by atoms with Crippen LogP contribution in [0.1, 0.15) is 23.1 Å².